The van der Waals surface area contributed by atoms with Crippen molar-refractivity contribution < 1.29 is 4.79 Å². The van der Waals surface area contributed by atoms with Gasteiger partial charge in [0.05, 0.1) is 28.3 Å². The number of benzene rings is 1. The molecule has 1 atom stereocenters. The number of halogens is 1. The zero-order chi connectivity index (χ0) is 16.4. The van der Waals surface area contributed by atoms with Gasteiger partial charge in [-0.25, -0.2) is 9.89 Å². The molecule has 1 aliphatic rings. The van der Waals surface area contributed by atoms with Gasteiger partial charge in [0.15, 0.2) is 5.82 Å². The molecule has 1 fully saturated rings. The predicted octanol–water partition coefficient (Wildman–Crippen LogP) is 1.99. The van der Waals surface area contributed by atoms with Crippen LogP contribution in [0.3, 0.4) is 0 Å². The molecule has 0 spiro atoms. The van der Waals surface area contributed by atoms with E-state index in [9.17, 15) is 9.59 Å². The van der Waals surface area contributed by atoms with Gasteiger partial charge in [0.1, 0.15) is 0 Å². The zero-order valence-corrected chi connectivity index (χ0v) is 12.9. The molecule has 118 valence electrons. The van der Waals surface area contributed by atoms with Crippen LogP contribution in [0.15, 0.2) is 23.0 Å². The van der Waals surface area contributed by atoms with Gasteiger partial charge in [0.25, 0.3) is 5.91 Å². The quantitative estimate of drug-likeness (QED) is 0.877. The lowest BCUT2D eigenvalue weighted by molar-refractivity contribution is 0.0600. The third-order valence-electron chi connectivity index (χ3n) is 3.92. The molecule has 1 saturated heterocycles. The zero-order valence-electron chi connectivity index (χ0n) is 12.2. The first-order valence-electron chi connectivity index (χ1n) is 7.25. The number of rotatable bonds is 2. The molecule has 1 aromatic heterocycles. The lowest BCUT2D eigenvalue weighted by Gasteiger charge is -2.34. The van der Waals surface area contributed by atoms with Gasteiger partial charge in [-0.2, -0.15) is 10.4 Å². The average Bonchev–Trinajstić information content (AvgIpc) is 3.01. The number of aromatic amines is 2. The van der Waals surface area contributed by atoms with Crippen LogP contribution in [0.4, 0.5) is 0 Å². The van der Waals surface area contributed by atoms with Crippen molar-refractivity contribution in [3.63, 3.8) is 0 Å². The first-order chi connectivity index (χ1) is 11.1. The molecule has 0 bridgehead atoms. The Balaban J connectivity index is 1.96. The molecule has 1 amide bonds. The van der Waals surface area contributed by atoms with Gasteiger partial charge in [-0.05, 0) is 37.5 Å². The first-order valence-corrected chi connectivity index (χ1v) is 7.63. The van der Waals surface area contributed by atoms with Crippen LogP contribution < -0.4 is 5.69 Å². The lowest BCUT2D eigenvalue weighted by atomic mass is 9.99. The topological polar surface area (TPSA) is 106 Å². The monoisotopic (exact) mass is 331 g/mol. The molecule has 2 N–H and O–H groups in total. The minimum atomic E-state index is -0.400. The van der Waals surface area contributed by atoms with Crippen LogP contribution in [0.2, 0.25) is 5.02 Å². The van der Waals surface area contributed by atoms with Crippen LogP contribution in [0, 0.1) is 11.3 Å². The summed E-state index contributed by atoms with van der Waals surface area (Å²) >= 11 is 6.13. The molecular formula is C15H14ClN5O2. The van der Waals surface area contributed by atoms with Crippen LogP contribution in [0.5, 0.6) is 0 Å². The third kappa shape index (κ3) is 2.98. The van der Waals surface area contributed by atoms with E-state index < -0.39 is 5.69 Å². The summed E-state index contributed by atoms with van der Waals surface area (Å²) in [5, 5.41) is 15.6. The second kappa shape index (κ2) is 6.26. The van der Waals surface area contributed by atoms with Crippen LogP contribution in [-0.4, -0.2) is 32.5 Å². The van der Waals surface area contributed by atoms with Gasteiger partial charge in [0.2, 0.25) is 0 Å². The summed E-state index contributed by atoms with van der Waals surface area (Å²) in [6, 6.07) is 6.30. The number of nitrogens with one attached hydrogen (secondary N) is 2. The number of hydrogen-bond acceptors (Lipinski definition) is 4. The van der Waals surface area contributed by atoms with E-state index in [0.29, 0.717) is 29.4 Å². The van der Waals surface area contributed by atoms with Crippen molar-refractivity contribution in [2.24, 2.45) is 0 Å². The van der Waals surface area contributed by atoms with E-state index in [0.717, 1.165) is 12.8 Å². The highest BCUT2D eigenvalue weighted by molar-refractivity contribution is 6.33. The minimum Gasteiger partial charge on any atom is -0.328 e. The number of hydrogen-bond donors (Lipinski definition) is 2. The third-order valence-corrected chi connectivity index (χ3v) is 4.25. The molecule has 2 aromatic rings. The maximum atomic E-state index is 12.9. The number of H-pyrrole nitrogens is 2. The van der Waals surface area contributed by atoms with E-state index in [4.69, 9.17) is 16.9 Å². The van der Waals surface area contributed by atoms with Crippen molar-refractivity contribution in [2.45, 2.75) is 25.3 Å². The molecule has 8 heteroatoms. The normalized spacial score (nSPS) is 17.7. The molecule has 1 aliphatic heterocycles. The number of amides is 1. The number of carbonyl (C=O) groups excluding carboxylic acids is 1. The van der Waals surface area contributed by atoms with Crippen LogP contribution >= 0.6 is 11.6 Å². The molecule has 0 radical (unpaired) electrons. The fourth-order valence-corrected chi connectivity index (χ4v) is 3.01. The van der Waals surface area contributed by atoms with E-state index in [1.807, 2.05) is 6.07 Å². The summed E-state index contributed by atoms with van der Waals surface area (Å²) in [6.45, 7) is 0.547. The summed E-state index contributed by atoms with van der Waals surface area (Å²) < 4.78 is 0. The molecule has 23 heavy (non-hydrogen) atoms. The Morgan fingerprint density at radius 2 is 2.26 bits per heavy atom. The second-order valence-corrected chi connectivity index (χ2v) is 5.79. The summed E-state index contributed by atoms with van der Waals surface area (Å²) in [4.78, 5) is 28.4. The molecular weight excluding hydrogens is 318 g/mol. The molecule has 0 aliphatic carbocycles. The molecule has 1 aromatic carbocycles. The van der Waals surface area contributed by atoms with Crippen LogP contribution in [0.25, 0.3) is 0 Å². The Morgan fingerprint density at radius 1 is 1.43 bits per heavy atom. The Kier molecular flexibility index (Phi) is 4.17. The number of carbonyl (C=O) groups is 1. The molecule has 0 unspecified atom stereocenters. The Hall–Kier alpha value is -2.59. The smallest absolute Gasteiger partial charge is 0.328 e. The Morgan fingerprint density at radius 3 is 2.96 bits per heavy atom. The molecule has 0 saturated carbocycles. The number of nitrogens with zero attached hydrogens (tertiary/aromatic N) is 3. The first kappa shape index (κ1) is 15.3. The van der Waals surface area contributed by atoms with Crippen LogP contribution in [-0.2, 0) is 0 Å². The van der Waals surface area contributed by atoms with Crippen molar-refractivity contribution in [3.8, 4) is 6.07 Å². The predicted molar refractivity (Wildman–Crippen MR) is 83.0 cm³/mol. The van der Waals surface area contributed by atoms with E-state index in [2.05, 4.69) is 15.2 Å². The van der Waals surface area contributed by atoms with E-state index in [1.54, 1.807) is 17.0 Å². The highest BCUT2D eigenvalue weighted by Gasteiger charge is 2.31. The van der Waals surface area contributed by atoms with Crippen molar-refractivity contribution in [2.75, 3.05) is 6.54 Å². The van der Waals surface area contributed by atoms with Crippen molar-refractivity contribution >= 4 is 17.5 Å². The van der Waals surface area contributed by atoms with E-state index in [1.165, 1.54) is 6.07 Å². The second-order valence-electron chi connectivity index (χ2n) is 5.38. The summed E-state index contributed by atoms with van der Waals surface area (Å²) in [5.41, 5.74) is 0.262. The largest absolute Gasteiger partial charge is 0.340 e. The summed E-state index contributed by atoms with van der Waals surface area (Å²) in [5.74, 6) is 0.177. The fourth-order valence-electron chi connectivity index (χ4n) is 2.81. The van der Waals surface area contributed by atoms with Crippen LogP contribution in [0.1, 0.15) is 47.1 Å². The standard InChI is InChI=1S/C15H14ClN5O2/c16-11-5-4-9(8-17)7-10(11)14(22)21-6-2-1-3-12(21)13-18-15(23)20-19-13/h4-5,7,12H,1-3,6H2,(H2,18,19,20,23)/t12-/m1/s1. The van der Waals surface area contributed by atoms with Crippen molar-refractivity contribution in [1.29, 1.82) is 5.26 Å². The lowest BCUT2D eigenvalue weighted by Crippen LogP contribution is -2.39. The highest BCUT2D eigenvalue weighted by Crippen LogP contribution is 2.31. The van der Waals surface area contributed by atoms with Gasteiger partial charge >= 0.3 is 5.69 Å². The number of likely N-dealkylation sites (tertiary alicyclic amines) is 1. The van der Waals surface area contributed by atoms with Crippen molar-refractivity contribution in [3.05, 3.63) is 50.7 Å². The molecule has 3 rings (SSSR count). The maximum absolute atomic E-state index is 12.9. The number of nitriles is 1. The Labute approximate surface area is 136 Å². The van der Waals surface area contributed by atoms with Gasteiger partial charge in [-0.3, -0.25) is 9.78 Å². The SMILES string of the molecule is N#Cc1ccc(Cl)c(C(=O)N2CCCC[C@@H]2c2n[nH]c(=O)[nH]2)c1. The molecule has 2 heterocycles. The van der Waals surface area contributed by atoms with Gasteiger partial charge in [-0.1, -0.05) is 11.6 Å². The van der Waals surface area contributed by atoms with E-state index in [-0.39, 0.29) is 17.5 Å². The highest BCUT2D eigenvalue weighted by atomic mass is 35.5. The Bertz CT molecular complexity index is 835. The summed E-state index contributed by atoms with van der Waals surface area (Å²) in [6.07, 6.45) is 2.52. The number of aromatic nitrogens is 3. The maximum Gasteiger partial charge on any atom is 0.340 e. The van der Waals surface area contributed by atoms with Crippen molar-refractivity contribution in [1.82, 2.24) is 20.1 Å². The van der Waals surface area contributed by atoms with Gasteiger partial charge in [-0.15, -0.1) is 0 Å². The van der Waals surface area contributed by atoms with E-state index >= 15 is 0 Å². The summed E-state index contributed by atoms with van der Waals surface area (Å²) in [7, 11) is 0. The average molecular weight is 332 g/mol. The van der Waals surface area contributed by atoms with Gasteiger partial charge in [0, 0.05) is 6.54 Å². The minimum absolute atomic E-state index is 0.263. The molecule has 7 nitrogen and oxygen atoms in total. The fraction of sp³-hybridized carbons (Fsp3) is 0.333. The van der Waals surface area contributed by atoms with Gasteiger partial charge < -0.3 is 4.90 Å². The number of piperidine rings is 1.